The second-order valence-corrected chi connectivity index (χ2v) is 10.6. The number of fused-ring (bicyclic) bond motifs is 1. The molecule has 2 amide bonds. The fourth-order valence-corrected chi connectivity index (χ4v) is 5.83. The minimum absolute atomic E-state index is 0.00621. The number of piperidine rings is 2. The molecular weight excluding hydrogens is 460 g/mol. The summed E-state index contributed by atoms with van der Waals surface area (Å²) in [5.74, 6) is 0.918. The van der Waals surface area contributed by atoms with E-state index in [1.807, 2.05) is 41.3 Å². The normalized spacial score (nSPS) is 21.1. The smallest absolute Gasteiger partial charge is 0.245 e. The molecule has 1 atom stereocenters. The minimum Gasteiger partial charge on any atom is -0.356 e. The van der Waals surface area contributed by atoms with Crippen LogP contribution in [0, 0.1) is 11.8 Å². The summed E-state index contributed by atoms with van der Waals surface area (Å²) in [4.78, 5) is 30.7. The molecule has 1 unspecified atom stereocenters. The van der Waals surface area contributed by atoms with Gasteiger partial charge < -0.3 is 20.4 Å². The van der Waals surface area contributed by atoms with Crippen molar-refractivity contribution >= 4 is 29.1 Å². The number of hydrogen-bond acceptors (Lipinski definition) is 4. The molecule has 2 fully saturated rings. The first-order valence-electron chi connectivity index (χ1n) is 12.9. The zero-order valence-corrected chi connectivity index (χ0v) is 21.0. The van der Waals surface area contributed by atoms with Crippen LogP contribution in [0.15, 0.2) is 48.5 Å². The molecule has 3 aliphatic rings. The van der Waals surface area contributed by atoms with Gasteiger partial charge in [-0.1, -0.05) is 41.9 Å². The quantitative estimate of drug-likeness (QED) is 0.643. The summed E-state index contributed by atoms with van der Waals surface area (Å²) in [6.07, 6.45) is 4.45. The van der Waals surface area contributed by atoms with E-state index in [9.17, 15) is 9.59 Å². The van der Waals surface area contributed by atoms with Gasteiger partial charge in [0.25, 0.3) is 0 Å². The van der Waals surface area contributed by atoms with Crippen molar-refractivity contribution < 1.29 is 9.59 Å². The third-order valence-electron chi connectivity index (χ3n) is 7.84. The van der Waals surface area contributed by atoms with Crippen LogP contribution < -0.4 is 15.5 Å². The van der Waals surface area contributed by atoms with Crippen molar-refractivity contribution in [2.45, 2.75) is 44.7 Å². The van der Waals surface area contributed by atoms with Crippen molar-refractivity contribution in [1.82, 2.24) is 15.5 Å². The van der Waals surface area contributed by atoms with E-state index < -0.39 is 0 Å². The Balaban J connectivity index is 1.19. The van der Waals surface area contributed by atoms with Crippen molar-refractivity contribution in [1.29, 1.82) is 0 Å². The van der Waals surface area contributed by atoms with Gasteiger partial charge in [0.1, 0.15) is 6.04 Å². The molecule has 186 valence electrons. The Morgan fingerprint density at radius 3 is 2.43 bits per heavy atom. The topological polar surface area (TPSA) is 64.7 Å². The van der Waals surface area contributed by atoms with Crippen molar-refractivity contribution in [3.05, 3.63) is 64.7 Å². The highest BCUT2D eigenvalue weighted by atomic mass is 35.5. The van der Waals surface area contributed by atoms with Crippen molar-refractivity contribution in [2.75, 3.05) is 37.6 Å². The Kier molecular flexibility index (Phi) is 7.59. The number of nitrogens with one attached hydrogen (secondary N) is 2. The summed E-state index contributed by atoms with van der Waals surface area (Å²) in [6.45, 7) is 4.82. The number of likely N-dealkylation sites (tertiary alicyclic amines) is 1. The fraction of sp³-hybridized carbons (Fsp3) is 0.500. The molecule has 0 saturated carbocycles. The average Bonchev–Trinajstić information content (AvgIpc) is 3.27. The first-order valence-corrected chi connectivity index (χ1v) is 13.3. The highest BCUT2D eigenvalue weighted by molar-refractivity contribution is 6.30. The third kappa shape index (κ3) is 5.65. The molecule has 3 heterocycles. The van der Waals surface area contributed by atoms with E-state index in [2.05, 4.69) is 27.7 Å². The maximum Gasteiger partial charge on any atom is 0.245 e. The van der Waals surface area contributed by atoms with Crippen LogP contribution in [0.1, 0.15) is 36.8 Å². The number of nitrogens with zero attached hydrogens (tertiary/aromatic N) is 2. The second-order valence-electron chi connectivity index (χ2n) is 10.1. The standard InChI is InChI=1S/C28H35ClN4O2/c29-24-7-5-21(6-8-24)19-33-25-4-2-1-3-23(25)17-26(33)28(35)32-15-11-22(12-16-32)27(34)31-18-20-9-13-30-14-10-20/h1-8,20,22,26,30H,9-19H2,(H,31,34). The molecule has 35 heavy (non-hydrogen) atoms. The molecule has 0 spiro atoms. The average molecular weight is 495 g/mol. The van der Waals surface area contributed by atoms with Crippen LogP contribution in [0.4, 0.5) is 5.69 Å². The van der Waals surface area contributed by atoms with E-state index >= 15 is 0 Å². The molecule has 6 nitrogen and oxygen atoms in total. The highest BCUT2D eigenvalue weighted by Crippen LogP contribution is 2.35. The Labute approximate surface area is 213 Å². The van der Waals surface area contributed by atoms with E-state index in [0.29, 0.717) is 30.6 Å². The maximum atomic E-state index is 13.7. The van der Waals surface area contributed by atoms with Crippen LogP contribution in [0.2, 0.25) is 5.02 Å². The number of rotatable bonds is 6. The number of para-hydroxylation sites is 1. The number of carbonyl (C=O) groups excluding carboxylic acids is 2. The van der Waals surface area contributed by atoms with Gasteiger partial charge in [-0.15, -0.1) is 0 Å². The van der Waals surface area contributed by atoms with Gasteiger partial charge in [-0.3, -0.25) is 9.59 Å². The number of hydrogen-bond donors (Lipinski definition) is 2. The molecule has 0 aromatic heterocycles. The fourth-order valence-electron chi connectivity index (χ4n) is 5.70. The Hall–Kier alpha value is -2.57. The van der Waals surface area contributed by atoms with Crippen molar-refractivity contribution in [3.63, 3.8) is 0 Å². The monoisotopic (exact) mass is 494 g/mol. The van der Waals surface area contributed by atoms with Gasteiger partial charge in [0.05, 0.1) is 0 Å². The second kappa shape index (κ2) is 11.0. The number of benzene rings is 2. The van der Waals surface area contributed by atoms with E-state index in [-0.39, 0.29) is 23.8 Å². The van der Waals surface area contributed by atoms with Gasteiger partial charge in [0.15, 0.2) is 0 Å². The molecular formula is C28H35ClN4O2. The van der Waals surface area contributed by atoms with Crippen LogP contribution >= 0.6 is 11.6 Å². The predicted octanol–water partition coefficient (Wildman–Crippen LogP) is 3.63. The minimum atomic E-state index is -0.214. The molecule has 2 aromatic carbocycles. The maximum absolute atomic E-state index is 13.7. The first-order chi connectivity index (χ1) is 17.1. The van der Waals surface area contributed by atoms with Crippen LogP contribution in [0.3, 0.4) is 0 Å². The lowest BCUT2D eigenvalue weighted by Gasteiger charge is -2.36. The summed E-state index contributed by atoms with van der Waals surface area (Å²) < 4.78 is 0. The Bertz CT molecular complexity index is 1030. The zero-order chi connectivity index (χ0) is 24.2. The first kappa shape index (κ1) is 24.1. The van der Waals surface area contributed by atoms with E-state index in [1.165, 1.54) is 5.56 Å². The lowest BCUT2D eigenvalue weighted by Crippen LogP contribution is -2.51. The summed E-state index contributed by atoms with van der Waals surface area (Å²) in [7, 11) is 0. The molecule has 2 saturated heterocycles. The molecule has 2 aromatic rings. The number of carbonyl (C=O) groups is 2. The van der Waals surface area contributed by atoms with E-state index in [0.717, 1.165) is 63.0 Å². The molecule has 7 heteroatoms. The van der Waals surface area contributed by atoms with Crippen LogP contribution in [0.25, 0.3) is 0 Å². The van der Waals surface area contributed by atoms with Gasteiger partial charge in [0.2, 0.25) is 11.8 Å². The largest absolute Gasteiger partial charge is 0.356 e. The Morgan fingerprint density at radius 2 is 1.69 bits per heavy atom. The van der Waals surface area contributed by atoms with Crippen LogP contribution in [-0.4, -0.2) is 55.5 Å². The van der Waals surface area contributed by atoms with Gasteiger partial charge >= 0.3 is 0 Å². The van der Waals surface area contributed by atoms with Crippen molar-refractivity contribution in [2.24, 2.45) is 11.8 Å². The lowest BCUT2D eigenvalue weighted by atomic mass is 9.94. The molecule has 5 rings (SSSR count). The predicted molar refractivity (Wildman–Crippen MR) is 139 cm³/mol. The molecule has 2 N–H and O–H groups in total. The van der Waals surface area contributed by atoms with Gasteiger partial charge in [-0.25, -0.2) is 0 Å². The van der Waals surface area contributed by atoms with Gasteiger partial charge in [0, 0.05) is 49.2 Å². The van der Waals surface area contributed by atoms with Gasteiger partial charge in [-0.05, 0) is 74.0 Å². The van der Waals surface area contributed by atoms with Crippen LogP contribution in [-0.2, 0) is 22.6 Å². The van der Waals surface area contributed by atoms with E-state index in [4.69, 9.17) is 11.6 Å². The summed E-state index contributed by atoms with van der Waals surface area (Å²) in [5.41, 5.74) is 3.48. The molecule has 0 aliphatic carbocycles. The van der Waals surface area contributed by atoms with E-state index in [1.54, 1.807) is 0 Å². The zero-order valence-electron chi connectivity index (χ0n) is 20.2. The number of amides is 2. The Morgan fingerprint density at radius 1 is 0.971 bits per heavy atom. The van der Waals surface area contributed by atoms with Crippen molar-refractivity contribution in [3.8, 4) is 0 Å². The summed E-state index contributed by atoms with van der Waals surface area (Å²) in [5, 5.41) is 7.27. The highest BCUT2D eigenvalue weighted by Gasteiger charge is 2.38. The van der Waals surface area contributed by atoms with Crippen LogP contribution in [0.5, 0.6) is 0 Å². The lowest BCUT2D eigenvalue weighted by molar-refractivity contribution is -0.136. The molecule has 0 radical (unpaired) electrons. The molecule has 3 aliphatic heterocycles. The summed E-state index contributed by atoms with van der Waals surface area (Å²) >= 11 is 6.08. The number of anilines is 1. The SMILES string of the molecule is O=C(NCC1CCNCC1)C1CCN(C(=O)C2Cc3ccccc3N2Cc2ccc(Cl)cc2)CC1. The number of halogens is 1. The summed E-state index contributed by atoms with van der Waals surface area (Å²) in [6, 6.07) is 15.9. The molecule has 0 bridgehead atoms. The van der Waals surface area contributed by atoms with Gasteiger partial charge in [-0.2, -0.15) is 0 Å². The third-order valence-corrected chi connectivity index (χ3v) is 8.09.